The molecule has 0 radical (unpaired) electrons. The van der Waals surface area contributed by atoms with Crippen molar-refractivity contribution in [3.8, 4) is 0 Å². The molecular weight excluding hydrogens is 274 g/mol. The molecule has 1 aromatic heterocycles. The van der Waals surface area contributed by atoms with Crippen LogP contribution in [0.4, 0.5) is 0 Å². The third kappa shape index (κ3) is 3.10. The summed E-state index contributed by atoms with van der Waals surface area (Å²) in [5.74, 6) is 0.233. The van der Waals surface area contributed by atoms with Gasteiger partial charge in [-0.1, -0.05) is 0 Å². The van der Waals surface area contributed by atoms with Crippen molar-refractivity contribution in [3.63, 3.8) is 0 Å². The van der Waals surface area contributed by atoms with Gasteiger partial charge in [-0.05, 0) is 30.4 Å². The second-order valence-electron chi connectivity index (χ2n) is 4.41. The molecule has 1 aliphatic rings. The molecule has 5 nitrogen and oxygen atoms in total. The van der Waals surface area contributed by atoms with Gasteiger partial charge in [0.05, 0.1) is 12.7 Å². The number of aliphatic hydroxyl groups is 1. The summed E-state index contributed by atoms with van der Waals surface area (Å²) in [5, 5.41) is 10.6. The van der Waals surface area contributed by atoms with Crippen LogP contribution in [-0.4, -0.2) is 32.8 Å². The van der Waals surface area contributed by atoms with Crippen molar-refractivity contribution >= 4 is 21.4 Å². The average Bonchev–Trinajstić information content (AvgIpc) is 2.95. The summed E-state index contributed by atoms with van der Waals surface area (Å²) in [6.07, 6.45) is 0.986. The number of nitrogens with one attached hydrogen (secondary N) is 1. The Morgan fingerprint density at radius 3 is 2.94 bits per heavy atom. The minimum atomic E-state index is -3.46. The summed E-state index contributed by atoms with van der Waals surface area (Å²) in [5.41, 5.74) is 0.623. The Bertz CT molecular complexity index is 497. The van der Waals surface area contributed by atoms with E-state index >= 15 is 0 Å². The predicted octanol–water partition coefficient (Wildman–Crippen LogP) is 0.944. The van der Waals surface area contributed by atoms with Gasteiger partial charge in [0, 0.05) is 19.1 Å². The first kappa shape index (κ1) is 14.0. The van der Waals surface area contributed by atoms with Gasteiger partial charge in [-0.25, -0.2) is 13.1 Å². The van der Waals surface area contributed by atoms with Gasteiger partial charge in [0.15, 0.2) is 0 Å². The Morgan fingerprint density at radius 1 is 1.61 bits per heavy atom. The molecule has 1 aromatic rings. The number of ether oxygens (including phenoxy) is 1. The topological polar surface area (TPSA) is 75.6 Å². The Morgan fingerprint density at radius 2 is 2.39 bits per heavy atom. The van der Waals surface area contributed by atoms with Gasteiger partial charge in [-0.3, -0.25) is 0 Å². The lowest BCUT2D eigenvalue weighted by Gasteiger charge is -2.14. The van der Waals surface area contributed by atoms with Gasteiger partial charge in [0.25, 0.3) is 0 Å². The maximum Gasteiger partial charge on any atom is 0.250 e. The molecule has 102 valence electrons. The fraction of sp³-hybridized carbons (Fsp3) is 0.636. The highest BCUT2D eigenvalue weighted by Gasteiger charge is 2.26. The highest BCUT2D eigenvalue weighted by molar-refractivity contribution is 7.91. The van der Waals surface area contributed by atoms with E-state index in [9.17, 15) is 8.42 Å². The molecule has 0 bridgehead atoms. The van der Waals surface area contributed by atoms with Gasteiger partial charge in [0.2, 0.25) is 10.0 Å². The van der Waals surface area contributed by atoms with Crippen LogP contribution in [0.15, 0.2) is 15.7 Å². The molecule has 1 fully saturated rings. The number of hydrogen-bond acceptors (Lipinski definition) is 5. The zero-order chi connectivity index (χ0) is 13.2. The van der Waals surface area contributed by atoms with E-state index in [-0.39, 0.29) is 22.8 Å². The van der Waals surface area contributed by atoms with Gasteiger partial charge >= 0.3 is 0 Å². The minimum Gasteiger partial charge on any atom is -0.392 e. The fourth-order valence-corrected chi connectivity index (χ4v) is 4.25. The molecule has 0 spiro atoms. The normalized spacial score (nSPS) is 24.6. The second kappa shape index (κ2) is 5.66. The molecule has 1 saturated heterocycles. The van der Waals surface area contributed by atoms with Crippen molar-refractivity contribution in [2.24, 2.45) is 5.92 Å². The largest absolute Gasteiger partial charge is 0.392 e. The zero-order valence-corrected chi connectivity index (χ0v) is 11.8. The van der Waals surface area contributed by atoms with Crippen LogP contribution in [0.1, 0.15) is 18.9 Å². The number of sulfonamides is 1. The highest BCUT2D eigenvalue weighted by atomic mass is 32.2. The van der Waals surface area contributed by atoms with Crippen LogP contribution in [0.3, 0.4) is 0 Å². The van der Waals surface area contributed by atoms with Crippen molar-refractivity contribution in [2.75, 3.05) is 13.2 Å². The highest BCUT2D eigenvalue weighted by Crippen LogP contribution is 2.22. The summed E-state index contributed by atoms with van der Waals surface area (Å²) in [6.45, 7) is 2.91. The lowest BCUT2D eigenvalue weighted by molar-refractivity contribution is 0.107. The van der Waals surface area contributed by atoms with Crippen LogP contribution >= 0.6 is 11.3 Å². The summed E-state index contributed by atoms with van der Waals surface area (Å²) in [7, 11) is -3.46. The molecule has 0 aliphatic carbocycles. The van der Waals surface area contributed by atoms with Crippen LogP contribution < -0.4 is 4.72 Å². The van der Waals surface area contributed by atoms with E-state index in [1.54, 1.807) is 5.38 Å². The predicted molar refractivity (Wildman–Crippen MR) is 69.0 cm³/mol. The number of thiophene rings is 1. The van der Waals surface area contributed by atoms with Gasteiger partial charge in [-0.15, -0.1) is 11.3 Å². The summed E-state index contributed by atoms with van der Waals surface area (Å²) in [6, 6.07) is 1.50. The molecule has 0 aromatic carbocycles. The van der Waals surface area contributed by atoms with Crippen molar-refractivity contribution in [2.45, 2.75) is 30.3 Å². The van der Waals surface area contributed by atoms with E-state index in [1.165, 1.54) is 6.07 Å². The van der Waals surface area contributed by atoms with Crippen LogP contribution in [0, 0.1) is 5.92 Å². The lowest BCUT2D eigenvalue weighted by Crippen LogP contribution is -2.31. The van der Waals surface area contributed by atoms with Gasteiger partial charge < -0.3 is 9.84 Å². The Labute approximate surface area is 111 Å². The standard InChI is InChI=1S/C11H17NO4S2/c1-8-10(2-3-16-8)5-12-18(14,15)11-4-9(6-13)7-17-11/h4,7-8,10,12-13H,2-3,5-6H2,1H3. The van der Waals surface area contributed by atoms with Crippen molar-refractivity contribution < 1.29 is 18.3 Å². The van der Waals surface area contributed by atoms with Crippen LogP contribution in [0.5, 0.6) is 0 Å². The Hall–Kier alpha value is -0.470. The summed E-state index contributed by atoms with van der Waals surface area (Å²) in [4.78, 5) is 0. The van der Waals surface area contributed by atoms with Gasteiger partial charge in [-0.2, -0.15) is 0 Å². The number of rotatable bonds is 5. The van der Waals surface area contributed by atoms with E-state index in [1.807, 2.05) is 6.92 Å². The maximum absolute atomic E-state index is 12.0. The fourth-order valence-electron chi connectivity index (χ4n) is 1.91. The first-order valence-corrected chi connectivity index (χ1v) is 8.19. The van der Waals surface area contributed by atoms with Gasteiger partial charge in [0.1, 0.15) is 4.21 Å². The molecule has 1 aliphatic heterocycles. The molecule has 18 heavy (non-hydrogen) atoms. The molecule has 2 rings (SSSR count). The molecule has 2 N–H and O–H groups in total. The zero-order valence-electron chi connectivity index (χ0n) is 10.1. The van der Waals surface area contributed by atoms with Crippen LogP contribution in [0.2, 0.25) is 0 Å². The number of hydrogen-bond donors (Lipinski definition) is 2. The first-order valence-electron chi connectivity index (χ1n) is 5.82. The smallest absolute Gasteiger partial charge is 0.250 e. The monoisotopic (exact) mass is 291 g/mol. The molecule has 2 atom stereocenters. The third-order valence-corrected chi connectivity index (χ3v) is 6.06. The first-order chi connectivity index (χ1) is 8.53. The molecule has 0 amide bonds. The Balaban J connectivity index is 1.98. The summed E-state index contributed by atoms with van der Waals surface area (Å²) < 4.78 is 32.3. The van der Waals surface area contributed by atoms with E-state index < -0.39 is 10.0 Å². The molecule has 2 heterocycles. The van der Waals surface area contributed by atoms with Crippen molar-refractivity contribution in [1.82, 2.24) is 4.72 Å². The SMILES string of the molecule is CC1OCCC1CNS(=O)(=O)c1cc(CO)cs1. The summed E-state index contributed by atoms with van der Waals surface area (Å²) >= 11 is 1.12. The van der Waals surface area contributed by atoms with Crippen LogP contribution in [-0.2, 0) is 21.4 Å². The molecular formula is C11H17NO4S2. The molecule has 0 saturated carbocycles. The third-order valence-electron chi connectivity index (χ3n) is 3.15. The lowest BCUT2D eigenvalue weighted by atomic mass is 10.0. The minimum absolute atomic E-state index is 0.101. The van der Waals surface area contributed by atoms with E-state index in [0.717, 1.165) is 17.8 Å². The maximum atomic E-state index is 12.0. The second-order valence-corrected chi connectivity index (χ2v) is 7.31. The van der Waals surface area contributed by atoms with E-state index in [4.69, 9.17) is 9.84 Å². The quantitative estimate of drug-likeness (QED) is 0.846. The van der Waals surface area contributed by atoms with Crippen molar-refractivity contribution in [3.05, 3.63) is 17.0 Å². The number of aliphatic hydroxyl groups excluding tert-OH is 1. The average molecular weight is 291 g/mol. The van der Waals surface area contributed by atoms with E-state index in [2.05, 4.69) is 4.72 Å². The van der Waals surface area contributed by atoms with Crippen LogP contribution in [0.25, 0.3) is 0 Å². The van der Waals surface area contributed by atoms with Crippen molar-refractivity contribution in [1.29, 1.82) is 0 Å². The molecule has 2 unspecified atom stereocenters. The Kier molecular flexibility index (Phi) is 4.39. The molecule has 7 heteroatoms. The van der Waals surface area contributed by atoms with E-state index in [0.29, 0.717) is 18.7 Å².